The highest BCUT2D eigenvalue weighted by atomic mass is 19.1. The van der Waals surface area contributed by atoms with Crippen molar-refractivity contribution in [2.75, 3.05) is 0 Å². The van der Waals surface area contributed by atoms with Crippen LogP contribution in [0.25, 0.3) is 0 Å². The summed E-state index contributed by atoms with van der Waals surface area (Å²) in [6.45, 7) is 5.70. The Morgan fingerprint density at radius 1 is 0.567 bits per heavy atom. The molecule has 0 fully saturated rings. The minimum atomic E-state index is -0.701. The number of hydrogen-bond donors (Lipinski definition) is 4. The molecule has 4 rings (SSSR count). The standard InChI is InChI=1S/C11H11NO4.2C10H10FNO2.C10H10N2O4/c1-8(14)11(15)12-6-9-2-4-10(5-3-9)16-7-13;1-7(13)10(14)12-6-8-3-2-4-9(11)5-8;1-7(13)10(14)12-6-8-4-2-3-5-9(8)11;1-7(13)10(14)11-6-8-2-4-9(5-3-8)12(15)16/h2-5,7H,6H2,1H3,(H,12,15);2*2-5H,6H2,1H3,(H,12,14);2-5H,6H2,1H3,(H,11,14). The summed E-state index contributed by atoms with van der Waals surface area (Å²) in [5.41, 5.74) is 2.48. The second kappa shape index (κ2) is 26.9. The lowest BCUT2D eigenvalue weighted by Crippen LogP contribution is -2.28. The maximum absolute atomic E-state index is 13.0. The van der Waals surface area contributed by atoms with Crippen molar-refractivity contribution in [2.24, 2.45) is 0 Å². The Morgan fingerprint density at radius 3 is 1.38 bits per heavy atom. The molecule has 0 aliphatic rings. The fourth-order valence-corrected chi connectivity index (χ4v) is 3.99. The number of amides is 4. The van der Waals surface area contributed by atoms with Gasteiger partial charge < -0.3 is 26.0 Å². The molecule has 316 valence electrons. The van der Waals surface area contributed by atoms with Gasteiger partial charge in [0, 0.05) is 71.6 Å². The first-order chi connectivity index (χ1) is 28.3. The molecular formula is C41H41F2N5O12. The van der Waals surface area contributed by atoms with E-state index in [-0.39, 0.29) is 37.7 Å². The molecule has 0 heterocycles. The van der Waals surface area contributed by atoms with Crippen molar-refractivity contribution in [3.8, 4) is 5.75 Å². The molecule has 4 N–H and O–H groups in total. The molecule has 0 aliphatic heterocycles. The Labute approximate surface area is 342 Å². The monoisotopic (exact) mass is 833 g/mol. The van der Waals surface area contributed by atoms with Crippen LogP contribution in [0.4, 0.5) is 14.5 Å². The second-order valence-corrected chi connectivity index (χ2v) is 12.0. The first-order valence-electron chi connectivity index (χ1n) is 17.4. The number of nitro benzene ring substituents is 1. The van der Waals surface area contributed by atoms with Gasteiger partial charge in [0.1, 0.15) is 17.4 Å². The minimum Gasteiger partial charge on any atom is -0.429 e. The van der Waals surface area contributed by atoms with E-state index in [0.717, 1.165) is 12.5 Å². The first kappa shape index (κ1) is 50.2. The van der Waals surface area contributed by atoms with Crippen molar-refractivity contribution in [1.29, 1.82) is 0 Å². The average molecular weight is 834 g/mol. The zero-order valence-corrected chi connectivity index (χ0v) is 32.7. The highest BCUT2D eigenvalue weighted by molar-refractivity contribution is 6.36. The Bertz CT molecular complexity index is 2160. The lowest BCUT2D eigenvalue weighted by atomic mass is 10.2. The summed E-state index contributed by atoms with van der Waals surface area (Å²) in [7, 11) is 0. The molecule has 4 amide bonds. The molecule has 0 aromatic heterocycles. The van der Waals surface area contributed by atoms with Crippen molar-refractivity contribution in [3.05, 3.63) is 141 Å². The van der Waals surface area contributed by atoms with E-state index < -0.39 is 57.5 Å². The maximum Gasteiger partial charge on any atom is 0.298 e. The van der Waals surface area contributed by atoms with Gasteiger partial charge in [0.2, 0.25) is 23.1 Å². The topological polar surface area (TPSA) is 254 Å². The summed E-state index contributed by atoms with van der Waals surface area (Å²) in [5.74, 6) is -5.20. The normalized spacial score (nSPS) is 9.50. The highest BCUT2D eigenvalue weighted by Gasteiger charge is 2.10. The van der Waals surface area contributed by atoms with Crippen LogP contribution in [0, 0.1) is 21.7 Å². The molecule has 0 bridgehead atoms. The molecule has 0 aliphatic carbocycles. The molecule has 19 heteroatoms. The Balaban J connectivity index is 0.000000401. The number of nitrogens with zero attached hydrogens (tertiary/aromatic N) is 1. The summed E-state index contributed by atoms with van der Waals surface area (Å²) < 4.78 is 30.3. The Morgan fingerprint density at radius 2 is 0.983 bits per heavy atom. The van der Waals surface area contributed by atoms with Crippen LogP contribution < -0.4 is 26.0 Å². The van der Waals surface area contributed by atoms with E-state index in [1.54, 1.807) is 54.6 Å². The van der Waals surface area contributed by atoms with Crippen LogP contribution in [0.5, 0.6) is 5.75 Å². The predicted octanol–water partition coefficient (Wildman–Crippen LogP) is 3.29. The fraction of sp³-hybridized carbons (Fsp3) is 0.195. The van der Waals surface area contributed by atoms with Gasteiger partial charge in [0.25, 0.3) is 35.8 Å². The molecule has 0 atom stereocenters. The summed E-state index contributed by atoms with van der Waals surface area (Å²) in [5, 5.41) is 19.9. The molecule has 0 spiro atoms. The van der Waals surface area contributed by atoms with Crippen molar-refractivity contribution in [2.45, 2.75) is 53.9 Å². The number of Topliss-reactive ketones (excluding diaryl/α,β-unsaturated/α-hetero) is 4. The quantitative estimate of drug-likeness (QED) is 0.0583. The summed E-state index contributed by atoms with van der Waals surface area (Å²) in [4.78, 5) is 106. The van der Waals surface area contributed by atoms with Gasteiger partial charge in [-0.25, -0.2) is 8.78 Å². The summed E-state index contributed by atoms with van der Waals surface area (Å²) >= 11 is 0. The maximum atomic E-state index is 13.0. The van der Waals surface area contributed by atoms with Gasteiger partial charge in [-0.15, -0.1) is 0 Å². The first-order valence-corrected chi connectivity index (χ1v) is 17.4. The second-order valence-electron chi connectivity index (χ2n) is 12.0. The molecule has 0 saturated carbocycles. The van der Waals surface area contributed by atoms with Gasteiger partial charge in [-0.3, -0.25) is 53.3 Å². The van der Waals surface area contributed by atoms with Crippen LogP contribution in [0.15, 0.2) is 97.1 Å². The molecule has 4 aromatic rings. The number of rotatable bonds is 15. The number of ketones is 4. The number of halogens is 2. The number of nitrogens with one attached hydrogen (secondary N) is 4. The van der Waals surface area contributed by atoms with Gasteiger partial charge in [-0.1, -0.05) is 54.6 Å². The van der Waals surface area contributed by atoms with Crippen molar-refractivity contribution < 1.29 is 61.6 Å². The van der Waals surface area contributed by atoms with Crippen molar-refractivity contribution in [3.63, 3.8) is 0 Å². The molecular weight excluding hydrogens is 792 g/mol. The number of carbonyl (C=O) groups is 9. The van der Waals surface area contributed by atoms with Crippen LogP contribution in [0.1, 0.15) is 49.9 Å². The van der Waals surface area contributed by atoms with Gasteiger partial charge in [0.15, 0.2) is 0 Å². The van der Waals surface area contributed by atoms with Gasteiger partial charge >= 0.3 is 0 Å². The van der Waals surface area contributed by atoms with E-state index in [9.17, 15) is 62.0 Å². The van der Waals surface area contributed by atoms with Crippen LogP contribution in [0.3, 0.4) is 0 Å². The fourth-order valence-electron chi connectivity index (χ4n) is 3.99. The summed E-state index contributed by atoms with van der Waals surface area (Å²) in [6.07, 6.45) is 0. The van der Waals surface area contributed by atoms with Gasteiger partial charge in [-0.05, 0) is 47.0 Å². The third-order valence-electron chi connectivity index (χ3n) is 7.18. The third-order valence-corrected chi connectivity index (χ3v) is 7.18. The Hall–Kier alpha value is -7.83. The zero-order chi connectivity index (χ0) is 45.2. The summed E-state index contributed by atoms with van der Waals surface area (Å²) in [6, 6.07) is 24.2. The molecule has 4 aromatic carbocycles. The molecule has 0 saturated heterocycles. The van der Waals surface area contributed by atoms with E-state index >= 15 is 0 Å². The predicted molar refractivity (Wildman–Crippen MR) is 209 cm³/mol. The highest BCUT2D eigenvalue weighted by Crippen LogP contribution is 2.12. The molecule has 60 heavy (non-hydrogen) atoms. The van der Waals surface area contributed by atoms with Crippen LogP contribution in [-0.2, 0) is 69.3 Å². The van der Waals surface area contributed by atoms with E-state index in [4.69, 9.17) is 0 Å². The molecule has 17 nitrogen and oxygen atoms in total. The van der Waals surface area contributed by atoms with Gasteiger partial charge in [0.05, 0.1) is 4.92 Å². The third kappa shape index (κ3) is 20.9. The van der Waals surface area contributed by atoms with E-state index in [0.29, 0.717) is 28.9 Å². The lowest BCUT2D eigenvalue weighted by molar-refractivity contribution is -0.384. The van der Waals surface area contributed by atoms with Crippen LogP contribution >= 0.6 is 0 Å². The minimum absolute atomic E-state index is 0.0124. The van der Waals surface area contributed by atoms with Crippen molar-refractivity contribution >= 4 is 58.9 Å². The number of hydrogen-bond acceptors (Lipinski definition) is 12. The van der Waals surface area contributed by atoms with E-state index in [1.165, 1.54) is 63.2 Å². The number of benzene rings is 4. The van der Waals surface area contributed by atoms with Crippen LogP contribution in [-0.4, -0.2) is 58.2 Å². The largest absolute Gasteiger partial charge is 0.429 e. The zero-order valence-electron chi connectivity index (χ0n) is 32.7. The van der Waals surface area contributed by atoms with Gasteiger partial charge in [-0.2, -0.15) is 0 Å². The molecule has 0 radical (unpaired) electrons. The smallest absolute Gasteiger partial charge is 0.298 e. The number of non-ortho nitro benzene ring substituents is 1. The number of ether oxygens (including phenoxy) is 1. The number of nitro groups is 1. The SMILES string of the molecule is CC(=O)C(=O)NCc1ccc(OC=O)cc1.CC(=O)C(=O)NCc1ccc([N+](=O)[O-])cc1.CC(=O)C(=O)NCc1cccc(F)c1.CC(=O)C(=O)NCc1ccccc1F. The number of carbonyl (C=O) groups excluding carboxylic acids is 9. The van der Waals surface area contributed by atoms with Crippen LogP contribution in [0.2, 0.25) is 0 Å². The average Bonchev–Trinajstić information content (AvgIpc) is 3.22. The van der Waals surface area contributed by atoms with Crippen molar-refractivity contribution in [1.82, 2.24) is 21.3 Å². The van der Waals surface area contributed by atoms with E-state index in [2.05, 4.69) is 26.0 Å². The lowest BCUT2D eigenvalue weighted by Gasteiger charge is -2.03. The molecule has 0 unspecified atom stereocenters. The van der Waals surface area contributed by atoms with E-state index in [1.807, 2.05) is 0 Å². The Kier molecular flexibility index (Phi) is 22.5.